The lowest BCUT2D eigenvalue weighted by molar-refractivity contribution is -0.138. The van der Waals surface area contributed by atoms with Crippen molar-refractivity contribution in [3.8, 4) is 23.0 Å². The van der Waals surface area contributed by atoms with Crippen LogP contribution in [0.2, 0.25) is 0 Å². The molecule has 1 aliphatic rings. The van der Waals surface area contributed by atoms with Crippen molar-refractivity contribution in [2.24, 2.45) is 0 Å². The highest BCUT2D eigenvalue weighted by molar-refractivity contribution is 5.53. The summed E-state index contributed by atoms with van der Waals surface area (Å²) in [5.74, 6) is 0.379. The van der Waals surface area contributed by atoms with Gasteiger partial charge in [0.1, 0.15) is 11.9 Å². The number of hydrogen-bond donors (Lipinski definition) is 0. The SMILES string of the molecule is CN1CCOC(c2nc(-c3ccc(Oc4ccccc4C(F)(F)F)nc3)no2)C1. The van der Waals surface area contributed by atoms with Crippen LogP contribution in [0, 0.1) is 0 Å². The van der Waals surface area contributed by atoms with Gasteiger partial charge in [0, 0.05) is 30.9 Å². The van der Waals surface area contributed by atoms with Crippen molar-refractivity contribution in [2.45, 2.75) is 12.3 Å². The predicted octanol–water partition coefficient (Wildman–Crippen LogP) is 3.95. The van der Waals surface area contributed by atoms with Gasteiger partial charge in [-0.05, 0) is 25.2 Å². The first kappa shape index (κ1) is 19.3. The third-order valence-electron chi connectivity index (χ3n) is 4.39. The van der Waals surface area contributed by atoms with E-state index in [4.69, 9.17) is 14.0 Å². The largest absolute Gasteiger partial charge is 0.438 e. The number of morpholine rings is 1. The van der Waals surface area contributed by atoms with E-state index in [2.05, 4.69) is 20.0 Å². The summed E-state index contributed by atoms with van der Waals surface area (Å²) in [7, 11) is 1.98. The average molecular weight is 406 g/mol. The standard InChI is InChI=1S/C19H17F3N4O3/c1-26-8-9-27-15(11-26)18-24-17(25-29-18)12-6-7-16(23-10-12)28-14-5-3-2-4-13(14)19(20,21)22/h2-7,10,15H,8-9,11H2,1H3. The quantitative estimate of drug-likeness (QED) is 0.650. The molecule has 1 aliphatic heterocycles. The van der Waals surface area contributed by atoms with Crippen LogP contribution in [0.1, 0.15) is 17.6 Å². The molecule has 0 radical (unpaired) electrons. The lowest BCUT2D eigenvalue weighted by Gasteiger charge is -2.27. The van der Waals surface area contributed by atoms with Gasteiger partial charge in [0.2, 0.25) is 11.7 Å². The van der Waals surface area contributed by atoms with E-state index in [9.17, 15) is 13.2 Å². The number of ether oxygens (including phenoxy) is 2. The Hall–Kier alpha value is -2.98. The minimum absolute atomic E-state index is 0.0198. The second-order valence-corrected chi connectivity index (χ2v) is 6.56. The van der Waals surface area contributed by atoms with Gasteiger partial charge in [0.25, 0.3) is 5.89 Å². The Morgan fingerprint density at radius 1 is 1.17 bits per heavy atom. The molecule has 3 aromatic rings. The van der Waals surface area contributed by atoms with Crippen LogP contribution in [-0.4, -0.2) is 46.8 Å². The van der Waals surface area contributed by atoms with E-state index in [0.29, 0.717) is 30.4 Å². The summed E-state index contributed by atoms with van der Waals surface area (Å²) < 4.78 is 55.5. The number of likely N-dealkylation sites (N-methyl/N-ethyl adjacent to an activating group) is 1. The maximum Gasteiger partial charge on any atom is 0.419 e. The third kappa shape index (κ3) is 4.38. The summed E-state index contributed by atoms with van der Waals surface area (Å²) in [6, 6.07) is 8.00. The molecule has 2 aromatic heterocycles. The number of rotatable bonds is 4. The van der Waals surface area contributed by atoms with Crippen LogP contribution in [-0.2, 0) is 10.9 Å². The highest BCUT2D eigenvalue weighted by Crippen LogP contribution is 2.37. The van der Waals surface area contributed by atoms with Gasteiger partial charge in [-0.25, -0.2) is 4.98 Å². The molecule has 1 atom stereocenters. The van der Waals surface area contributed by atoms with Crippen LogP contribution in [0.15, 0.2) is 47.1 Å². The topological polar surface area (TPSA) is 73.5 Å². The fourth-order valence-electron chi connectivity index (χ4n) is 2.89. The van der Waals surface area contributed by atoms with Crippen molar-refractivity contribution < 1.29 is 27.2 Å². The molecule has 3 heterocycles. The number of halogens is 3. The fraction of sp³-hybridized carbons (Fsp3) is 0.316. The highest BCUT2D eigenvalue weighted by atomic mass is 19.4. The van der Waals surface area contributed by atoms with Crippen LogP contribution in [0.3, 0.4) is 0 Å². The van der Waals surface area contributed by atoms with E-state index in [1.54, 1.807) is 6.07 Å². The van der Waals surface area contributed by atoms with E-state index >= 15 is 0 Å². The van der Waals surface area contributed by atoms with E-state index < -0.39 is 11.7 Å². The van der Waals surface area contributed by atoms with Gasteiger partial charge in [-0.15, -0.1) is 0 Å². The zero-order chi connectivity index (χ0) is 20.4. The lowest BCUT2D eigenvalue weighted by Crippen LogP contribution is -2.35. The monoisotopic (exact) mass is 406 g/mol. The van der Waals surface area contributed by atoms with Gasteiger partial charge in [0.15, 0.2) is 0 Å². The molecule has 29 heavy (non-hydrogen) atoms. The van der Waals surface area contributed by atoms with Gasteiger partial charge in [0.05, 0.1) is 12.2 Å². The van der Waals surface area contributed by atoms with Gasteiger partial charge in [-0.1, -0.05) is 17.3 Å². The number of hydrogen-bond acceptors (Lipinski definition) is 7. The summed E-state index contributed by atoms with van der Waals surface area (Å²) in [4.78, 5) is 10.5. The van der Waals surface area contributed by atoms with Crippen LogP contribution in [0.25, 0.3) is 11.4 Å². The van der Waals surface area contributed by atoms with E-state index in [1.165, 1.54) is 30.5 Å². The van der Waals surface area contributed by atoms with Crippen molar-refractivity contribution >= 4 is 0 Å². The Balaban J connectivity index is 1.49. The summed E-state index contributed by atoms with van der Waals surface area (Å²) in [6.45, 7) is 2.05. The minimum atomic E-state index is -4.52. The van der Waals surface area contributed by atoms with E-state index in [1.807, 2.05) is 7.05 Å². The molecule has 0 aliphatic carbocycles. The molecule has 10 heteroatoms. The zero-order valence-corrected chi connectivity index (χ0v) is 15.4. The normalized spacial score (nSPS) is 18.0. The smallest absolute Gasteiger partial charge is 0.419 e. The van der Waals surface area contributed by atoms with Crippen molar-refractivity contribution in [3.63, 3.8) is 0 Å². The minimum Gasteiger partial charge on any atom is -0.438 e. The Bertz CT molecular complexity index is 975. The number of para-hydroxylation sites is 1. The maximum atomic E-state index is 13.1. The second kappa shape index (κ2) is 7.80. The number of nitrogens with zero attached hydrogens (tertiary/aromatic N) is 4. The van der Waals surface area contributed by atoms with Gasteiger partial charge in [-0.3, -0.25) is 0 Å². The highest BCUT2D eigenvalue weighted by Gasteiger charge is 2.34. The van der Waals surface area contributed by atoms with Crippen molar-refractivity contribution in [1.82, 2.24) is 20.0 Å². The Morgan fingerprint density at radius 3 is 2.72 bits per heavy atom. The van der Waals surface area contributed by atoms with Crippen molar-refractivity contribution in [3.05, 3.63) is 54.0 Å². The molecule has 1 fully saturated rings. The summed E-state index contributed by atoms with van der Waals surface area (Å²) >= 11 is 0. The lowest BCUT2D eigenvalue weighted by atomic mass is 10.2. The summed E-state index contributed by atoms with van der Waals surface area (Å²) in [6.07, 6.45) is -3.41. The molecule has 0 saturated carbocycles. The molecule has 0 amide bonds. The van der Waals surface area contributed by atoms with Gasteiger partial charge in [-0.2, -0.15) is 18.2 Å². The van der Waals surface area contributed by atoms with Crippen molar-refractivity contribution in [2.75, 3.05) is 26.7 Å². The van der Waals surface area contributed by atoms with Crippen LogP contribution in [0.5, 0.6) is 11.6 Å². The Labute approximate surface area is 164 Å². The molecule has 7 nitrogen and oxygen atoms in total. The second-order valence-electron chi connectivity index (χ2n) is 6.56. The summed E-state index contributed by atoms with van der Waals surface area (Å²) in [5, 5.41) is 3.93. The number of benzene rings is 1. The summed E-state index contributed by atoms with van der Waals surface area (Å²) in [5.41, 5.74) is -0.327. The zero-order valence-electron chi connectivity index (χ0n) is 15.4. The molecular formula is C19H17F3N4O3. The van der Waals surface area contributed by atoms with E-state index in [-0.39, 0.29) is 17.7 Å². The van der Waals surface area contributed by atoms with Crippen molar-refractivity contribution in [1.29, 1.82) is 0 Å². The molecule has 1 saturated heterocycles. The van der Waals surface area contributed by atoms with Gasteiger partial charge < -0.3 is 18.9 Å². The molecule has 152 valence electrons. The maximum absolute atomic E-state index is 13.1. The number of alkyl halides is 3. The Morgan fingerprint density at radius 2 is 2.00 bits per heavy atom. The first-order valence-corrected chi connectivity index (χ1v) is 8.84. The molecule has 0 bridgehead atoms. The molecular weight excluding hydrogens is 389 g/mol. The first-order chi connectivity index (χ1) is 13.9. The number of aromatic nitrogens is 3. The molecule has 0 spiro atoms. The molecule has 4 rings (SSSR count). The molecule has 1 unspecified atom stereocenters. The predicted molar refractivity (Wildman–Crippen MR) is 95.2 cm³/mol. The number of pyridine rings is 1. The van der Waals surface area contributed by atoms with Crippen LogP contribution >= 0.6 is 0 Å². The van der Waals surface area contributed by atoms with Crippen LogP contribution in [0.4, 0.5) is 13.2 Å². The third-order valence-corrected chi connectivity index (χ3v) is 4.39. The molecule has 1 aromatic carbocycles. The fourth-order valence-corrected chi connectivity index (χ4v) is 2.89. The van der Waals surface area contributed by atoms with Crippen LogP contribution < -0.4 is 4.74 Å². The van der Waals surface area contributed by atoms with Gasteiger partial charge >= 0.3 is 6.18 Å². The first-order valence-electron chi connectivity index (χ1n) is 8.84. The Kier molecular flexibility index (Phi) is 5.20. The average Bonchev–Trinajstić information content (AvgIpc) is 3.18. The van der Waals surface area contributed by atoms with E-state index in [0.717, 1.165) is 12.6 Å². The molecule has 0 N–H and O–H groups in total.